The van der Waals surface area contributed by atoms with Gasteiger partial charge in [0.05, 0.1) is 5.56 Å². The number of fused-ring (bicyclic) bond motifs is 1. The van der Waals surface area contributed by atoms with E-state index >= 15 is 0 Å². The molecule has 24 heavy (non-hydrogen) atoms. The molecule has 1 aliphatic heterocycles. The monoisotopic (exact) mass is 337 g/mol. The highest BCUT2D eigenvalue weighted by atomic mass is 19.4. The molecule has 1 aliphatic rings. The van der Waals surface area contributed by atoms with Crippen molar-refractivity contribution in [2.45, 2.75) is 18.8 Å². The first-order valence-electron chi connectivity index (χ1n) is 7.20. The number of para-hydroxylation sites is 1. The zero-order chi connectivity index (χ0) is 17.5. The van der Waals surface area contributed by atoms with Crippen molar-refractivity contribution in [1.29, 1.82) is 0 Å². The lowest BCUT2D eigenvalue weighted by molar-refractivity contribution is -0.137. The molecule has 0 bridgehead atoms. The van der Waals surface area contributed by atoms with Gasteiger partial charge in [-0.15, -0.1) is 0 Å². The van der Waals surface area contributed by atoms with Gasteiger partial charge in [0.15, 0.2) is 6.23 Å². The third-order valence-corrected chi connectivity index (χ3v) is 4.00. The molecule has 7 heteroatoms. The van der Waals surface area contributed by atoms with Gasteiger partial charge in [-0.1, -0.05) is 36.4 Å². The Bertz CT molecular complexity index is 789. The molecule has 3 rings (SSSR count). The normalized spacial score (nSPS) is 16.4. The first-order valence-corrected chi connectivity index (χ1v) is 7.20. The van der Waals surface area contributed by atoms with Gasteiger partial charge in [-0.25, -0.2) is 4.79 Å². The summed E-state index contributed by atoms with van der Waals surface area (Å²) in [6.45, 7) is 0. The van der Waals surface area contributed by atoms with Crippen LogP contribution in [0.25, 0.3) is 11.1 Å². The van der Waals surface area contributed by atoms with Crippen molar-refractivity contribution < 1.29 is 27.8 Å². The van der Waals surface area contributed by atoms with E-state index < -0.39 is 24.1 Å². The summed E-state index contributed by atoms with van der Waals surface area (Å²) in [5, 5.41) is 9.06. The summed E-state index contributed by atoms with van der Waals surface area (Å²) in [6.07, 6.45) is -6.11. The number of rotatable bonds is 2. The minimum Gasteiger partial charge on any atom is -0.469 e. The van der Waals surface area contributed by atoms with Gasteiger partial charge >= 0.3 is 12.3 Å². The molecule has 0 aromatic heterocycles. The fraction of sp³-hybridized carbons (Fsp3) is 0.235. The first-order chi connectivity index (χ1) is 11.3. The van der Waals surface area contributed by atoms with Crippen LogP contribution in [0, 0.1) is 0 Å². The molecule has 1 N–H and O–H groups in total. The first kappa shape index (κ1) is 16.2. The topological polar surface area (TPSA) is 49.8 Å². The number of nitrogens with zero attached hydrogens (tertiary/aromatic N) is 1. The molecule has 4 nitrogen and oxygen atoms in total. The molecule has 2 aromatic carbocycles. The van der Waals surface area contributed by atoms with Crippen molar-refractivity contribution in [3.8, 4) is 16.9 Å². The van der Waals surface area contributed by atoms with Crippen LogP contribution in [0.3, 0.4) is 0 Å². The standard InChI is InChI=1S/C17H14F3NO3/c1-21(16(22)23)14-9-10-5-4-7-12(15(10)24-14)11-6-2-3-8-13(11)17(18,19)20/h2-8,14H,9H2,1H3,(H,22,23). The maximum Gasteiger partial charge on any atom is 0.417 e. The molecule has 1 heterocycles. The lowest BCUT2D eigenvalue weighted by Gasteiger charge is -2.21. The predicted octanol–water partition coefficient (Wildman–Crippen LogP) is 4.24. The summed E-state index contributed by atoms with van der Waals surface area (Å²) in [4.78, 5) is 12.1. The van der Waals surface area contributed by atoms with Crippen molar-refractivity contribution in [3.05, 3.63) is 53.6 Å². The highest BCUT2D eigenvalue weighted by Crippen LogP contribution is 2.44. The van der Waals surface area contributed by atoms with Crippen LogP contribution in [0.1, 0.15) is 11.1 Å². The lowest BCUT2D eigenvalue weighted by Crippen LogP contribution is -2.38. The van der Waals surface area contributed by atoms with Crippen molar-refractivity contribution in [1.82, 2.24) is 4.90 Å². The fourth-order valence-electron chi connectivity index (χ4n) is 2.77. The number of likely N-dealkylation sites (N-methyl/N-ethyl adjacent to an activating group) is 1. The van der Waals surface area contributed by atoms with E-state index in [4.69, 9.17) is 9.84 Å². The van der Waals surface area contributed by atoms with Crippen molar-refractivity contribution in [3.63, 3.8) is 0 Å². The zero-order valence-corrected chi connectivity index (χ0v) is 12.7. The van der Waals surface area contributed by atoms with Crippen LogP contribution in [0.4, 0.5) is 18.0 Å². The minimum atomic E-state index is -4.49. The minimum absolute atomic E-state index is 0.0143. The summed E-state index contributed by atoms with van der Waals surface area (Å²) in [6, 6.07) is 10.2. The Balaban J connectivity index is 2.06. The second-order valence-electron chi connectivity index (χ2n) is 5.51. The van der Waals surface area contributed by atoms with Crippen LogP contribution in [0.2, 0.25) is 0 Å². The van der Waals surface area contributed by atoms with E-state index in [1.165, 1.54) is 25.2 Å². The van der Waals surface area contributed by atoms with Crippen LogP contribution < -0.4 is 4.74 Å². The molecule has 1 unspecified atom stereocenters. The van der Waals surface area contributed by atoms with E-state index in [1.807, 2.05) is 0 Å². The molecule has 1 amide bonds. The van der Waals surface area contributed by atoms with E-state index in [9.17, 15) is 18.0 Å². The van der Waals surface area contributed by atoms with E-state index in [0.29, 0.717) is 23.3 Å². The quantitative estimate of drug-likeness (QED) is 0.891. The average molecular weight is 337 g/mol. The van der Waals surface area contributed by atoms with Crippen LogP contribution in [-0.4, -0.2) is 29.4 Å². The van der Waals surface area contributed by atoms with Crippen LogP contribution in [0.15, 0.2) is 42.5 Å². The highest BCUT2D eigenvalue weighted by molar-refractivity contribution is 5.76. The Morgan fingerprint density at radius 1 is 1.17 bits per heavy atom. The van der Waals surface area contributed by atoms with Gasteiger partial charge in [0.2, 0.25) is 0 Å². The number of halogens is 3. The van der Waals surface area contributed by atoms with Gasteiger partial charge in [-0.2, -0.15) is 13.2 Å². The fourth-order valence-corrected chi connectivity index (χ4v) is 2.77. The predicted molar refractivity (Wildman–Crippen MR) is 80.8 cm³/mol. The maximum absolute atomic E-state index is 13.3. The summed E-state index contributed by atoms with van der Waals surface area (Å²) >= 11 is 0. The SMILES string of the molecule is CN(C(=O)O)C1Cc2cccc(-c3ccccc3C(F)(F)F)c2O1. The van der Waals surface area contributed by atoms with Crippen molar-refractivity contribution >= 4 is 6.09 Å². The Morgan fingerprint density at radius 3 is 2.50 bits per heavy atom. The number of benzene rings is 2. The van der Waals surface area contributed by atoms with Gasteiger partial charge in [0, 0.05) is 24.6 Å². The van der Waals surface area contributed by atoms with Gasteiger partial charge in [0.25, 0.3) is 0 Å². The largest absolute Gasteiger partial charge is 0.469 e. The number of hydrogen-bond donors (Lipinski definition) is 1. The highest BCUT2D eigenvalue weighted by Gasteiger charge is 2.36. The molecule has 126 valence electrons. The number of hydrogen-bond acceptors (Lipinski definition) is 2. The molecule has 0 spiro atoms. The van der Waals surface area contributed by atoms with Crippen molar-refractivity contribution in [2.75, 3.05) is 7.05 Å². The smallest absolute Gasteiger partial charge is 0.417 e. The molecular formula is C17H14F3NO3. The Morgan fingerprint density at radius 2 is 1.83 bits per heavy atom. The van der Waals surface area contributed by atoms with Crippen LogP contribution in [-0.2, 0) is 12.6 Å². The molecule has 2 aromatic rings. The number of amides is 1. The number of carboxylic acid groups (broad SMARTS) is 1. The summed E-state index contributed by atoms with van der Waals surface area (Å²) in [7, 11) is 1.36. The summed E-state index contributed by atoms with van der Waals surface area (Å²) in [5.74, 6) is 0.298. The molecule has 0 aliphatic carbocycles. The van der Waals surface area contributed by atoms with E-state index in [1.54, 1.807) is 18.2 Å². The molecule has 0 radical (unpaired) electrons. The molecule has 0 saturated heterocycles. The van der Waals surface area contributed by atoms with Crippen molar-refractivity contribution in [2.24, 2.45) is 0 Å². The number of carbonyl (C=O) groups is 1. The van der Waals surface area contributed by atoms with Gasteiger partial charge in [0.1, 0.15) is 5.75 Å². The number of alkyl halides is 3. The van der Waals surface area contributed by atoms with Gasteiger partial charge in [-0.3, -0.25) is 4.90 Å². The average Bonchev–Trinajstić information content (AvgIpc) is 2.97. The molecule has 1 atom stereocenters. The zero-order valence-electron chi connectivity index (χ0n) is 12.7. The Kier molecular flexibility index (Phi) is 3.87. The summed E-state index contributed by atoms with van der Waals surface area (Å²) < 4.78 is 45.5. The molecule has 0 fully saturated rings. The number of ether oxygens (including phenoxy) is 1. The van der Waals surface area contributed by atoms with E-state index in [0.717, 1.165) is 11.0 Å². The maximum atomic E-state index is 13.3. The van der Waals surface area contributed by atoms with Crippen LogP contribution in [0.5, 0.6) is 5.75 Å². The summed E-state index contributed by atoms with van der Waals surface area (Å²) in [5.41, 5.74) is 0.252. The van der Waals surface area contributed by atoms with E-state index in [2.05, 4.69) is 0 Å². The molecule has 0 saturated carbocycles. The third kappa shape index (κ3) is 2.77. The molecular weight excluding hydrogens is 323 g/mol. The van der Waals surface area contributed by atoms with Gasteiger partial charge < -0.3 is 9.84 Å². The Hall–Kier alpha value is -2.70. The second-order valence-corrected chi connectivity index (χ2v) is 5.51. The Labute approximate surface area is 136 Å². The second kappa shape index (κ2) is 5.74. The third-order valence-electron chi connectivity index (χ3n) is 4.00. The van der Waals surface area contributed by atoms with Crippen LogP contribution >= 0.6 is 0 Å². The van der Waals surface area contributed by atoms with E-state index in [-0.39, 0.29) is 5.56 Å². The lowest BCUT2D eigenvalue weighted by atomic mass is 9.96. The van der Waals surface area contributed by atoms with Gasteiger partial charge in [-0.05, 0) is 11.6 Å².